The highest BCUT2D eigenvalue weighted by Gasteiger charge is 2.33. The van der Waals surface area contributed by atoms with Crippen LogP contribution < -0.4 is 5.73 Å². The van der Waals surface area contributed by atoms with E-state index >= 15 is 0 Å². The molecule has 1 fully saturated rings. The molecule has 2 aromatic heterocycles. The number of aromatic nitrogens is 3. The summed E-state index contributed by atoms with van der Waals surface area (Å²) in [5, 5.41) is 0. The Hall–Kier alpha value is -1.62. The van der Waals surface area contributed by atoms with Gasteiger partial charge >= 0.3 is 0 Å². The molecule has 1 aliphatic rings. The van der Waals surface area contributed by atoms with Crippen LogP contribution in [0.4, 0.5) is 5.95 Å². The van der Waals surface area contributed by atoms with Gasteiger partial charge in [-0.25, -0.2) is 9.97 Å². The van der Waals surface area contributed by atoms with Gasteiger partial charge in [-0.1, -0.05) is 0 Å². The Bertz CT molecular complexity index is 530. The minimum atomic E-state index is 0.366. The average Bonchev–Trinajstić information content (AvgIpc) is 2.59. The molecule has 90 valence electrons. The highest BCUT2D eigenvalue weighted by Crippen LogP contribution is 2.37. The van der Waals surface area contributed by atoms with Crippen molar-refractivity contribution >= 4 is 17.1 Å². The second-order valence-electron chi connectivity index (χ2n) is 4.39. The Morgan fingerprint density at radius 3 is 3.12 bits per heavy atom. The lowest BCUT2D eigenvalue weighted by atomic mass is 9.89. The minimum Gasteiger partial charge on any atom is -0.378 e. The first-order chi connectivity index (χ1) is 8.29. The number of imidazole rings is 1. The van der Waals surface area contributed by atoms with Crippen molar-refractivity contribution < 1.29 is 4.74 Å². The number of nitrogens with zero attached hydrogens (tertiary/aromatic N) is 3. The summed E-state index contributed by atoms with van der Waals surface area (Å²) in [4.78, 5) is 8.68. The lowest BCUT2D eigenvalue weighted by Crippen LogP contribution is -2.33. The molecule has 1 saturated carbocycles. The van der Waals surface area contributed by atoms with E-state index in [0.29, 0.717) is 18.1 Å². The summed E-state index contributed by atoms with van der Waals surface area (Å²) >= 11 is 0. The van der Waals surface area contributed by atoms with E-state index in [0.717, 1.165) is 30.6 Å². The molecule has 17 heavy (non-hydrogen) atoms. The van der Waals surface area contributed by atoms with Crippen LogP contribution in [0.1, 0.15) is 25.8 Å². The molecule has 5 nitrogen and oxygen atoms in total. The fourth-order valence-electron chi connectivity index (χ4n) is 2.43. The van der Waals surface area contributed by atoms with Gasteiger partial charge in [0.25, 0.3) is 0 Å². The van der Waals surface area contributed by atoms with E-state index in [4.69, 9.17) is 10.5 Å². The molecule has 2 aromatic rings. The van der Waals surface area contributed by atoms with Gasteiger partial charge in [0.05, 0.1) is 6.10 Å². The van der Waals surface area contributed by atoms with Gasteiger partial charge in [-0.3, -0.25) is 4.57 Å². The van der Waals surface area contributed by atoms with Crippen molar-refractivity contribution in [3.63, 3.8) is 0 Å². The molecule has 0 aromatic carbocycles. The van der Waals surface area contributed by atoms with Gasteiger partial charge in [0.15, 0.2) is 5.65 Å². The van der Waals surface area contributed by atoms with Crippen molar-refractivity contribution in [2.24, 2.45) is 0 Å². The lowest BCUT2D eigenvalue weighted by Gasteiger charge is -2.36. The van der Waals surface area contributed by atoms with Gasteiger partial charge < -0.3 is 10.5 Å². The molecule has 0 spiro atoms. The quantitative estimate of drug-likeness (QED) is 0.875. The van der Waals surface area contributed by atoms with Crippen LogP contribution in [0.3, 0.4) is 0 Å². The van der Waals surface area contributed by atoms with E-state index in [1.807, 2.05) is 23.6 Å². The van der Waals surface area contributed by atoms with Crippen LogP contribution in [-0.4, -0.2) is 27.2 Å². The summed E-state index contributed by atoms with van der Waals surface area (Å²) in [5.41, 5.74) is 7.70. The van der Waals surface area contributed by atoms with Crippen LogP contribution in [0, 0.1) is 0 Å². The second kappa shape index (κ2) is 4.00. The van der Waals surface area contributed by atoms with Gasteiger partial charge in [-0.05, 0) is 31.9 Å². The normalized spacial score (nSPS) is 23.8. The summed E-state index contributed by atoms with van der Waals surface area (Å²) in [6, 6.07) is 4.20. The predicted octanol–water partition coefficient (Wildman–Crippen LogP) is 1.75. The van der Waals surface area contributed by atoms with E-state index < -0.39 is 0 Å². The number of hydrogen-bond donors (Lipinski definition) is 1. The zero-order valence-electron chi connectivity index (χ0n) is 9.84. The molecule has 3 rings (SSSR count). The molecule has 0 unspecified atom stereocenters. The largest absolute Gasteiger partial charge is 0.378 e. The third kappa shape index (κ3) is 1.67. The van der Waals surface area contributed by atoms with Crippen LogP contribution >= 0.6 is 0 Å². The number of rotatable bonds is 3. The van der Waals surface area contributed by atoms with Crippen molar-refractivity contribution in [3.8, 4) is 0 Å². The van der Waals surface area contributed by atoms with Crippen molar-refractivity contribution in [3.05, 3.63) is 18.3 Å². The molecule has 0 amide bonds. The zero-order chi connectivity index (χ0) is 11.8. The monoisotopic (exact) mass is 232 g/mol. The highest BCUT2D eigenvalue weighted by atomic mass is 16.5. The number of hydrogen-bond acceptors (Lipinski definition) is 4. The molecule has 0 bridgehead atoms. The molecular formula is C12H16N4O. The number of pyridine rings is 1. The first-order valence-corrected chi connectivity index (χ1v) is 5.99. The SMILES string of the molecule is CCOC1CC(n2c(N)nc3cccnc32)C1. The Balaban J connectivity index is 1.89. The smallest absolute Gasteiger partial charge is 0.202 e. The minimum absolute atomic E-state index is 0.366. The molecular weight excluding hydrogens is 216 g/mol. The van der Waals surface area contributed by atoms with Gasteiger partial charge in [-0.2, -0.15) is 0 Å². The van der Waals surface area contributed by atoms with E-state index in [9.17, 15) is 0 Å². The van der Waals surface area contributed by atoms with Crippen LogP contribution in [0.15, 0.2) is 18.3 Å². The second-order valence-corrected chi connectivity index (χ2v) is 4.39. The van der Waals surface area contributed by atoms with Gasteiger partial charge in [0.2, 0.25) is 5.95 Å². The van der Waals surface area contributed by atoms with E-state index in [-0.39, 0.29) is 0 Å². The maximum atomic E-state index is 5.95. The maximum Gasteiger partial charge on any atom is 0.202 e. The third-order valence-corrected chi connectivity index (χ3v) is 3.31. The molecule has 2 N–H and O–H groups in total. The summed E-state index contributed by atoms with van der Waals surface area (Å²) in [6.07, 6.45) is 4.14. The highest BCUT2D eigenvalue weighted by molar-refractivity contribution is 5.74. The summed E-state index contributed by atoms with van der Waals surface area (Å²) in [7, 11) is 0. The van der Waals surface area contributed by atoms with Crippen molar-refractivity contribution in [2.75, 3.05) is 12.3 Å². The Morgan fingerprint density at radius 1 is 1.53 bits per heavy atom. The van der Waals surface area contributed by atoms with Gasteiger partial charge in [0.1, 0.15) is 5.52 Å². The van der Waals surface area contributed by atoms with Crippen LogP contribution in [0.5, 0.6) is 0 Å². The topological polar surface area (TPSA) is 66.0 Å². The maximum absolute atomic E-state index is 5.95. The molecule has 0 saturated heterocycles. The number of anilines is 1. The van der Waals surface area contributed by atoms with Crippen LogP contribution in [0.2, 0.25) is 0 Å². The van der Waals surface area contributed by atoms with E-state index in [1.165, 1.54) is 0 Å². The first-order valence-electron chi connectivity index (χ1n) is 5.99. The Morgan fingerprint density at radius 2 is 2.35 bits per heavy atom. The molecule has 0 radical (unpaired) electrons. The van der Waals surface area contributed by atoms with Crippen molar-refractivity contribution in [2.45, 2.75) is 31.9 Å². The standard InChI is InChI=1S/C12H16N4O/c1-2-17-9-6-8(7-9)16-11-10(15-12(16)13)4-3-5-14-11/h3-5,8-9H,2,6-7H2,1H3,(H2,13,15). The zero-order valence-corrected chi connectivity index (χ0v) is 9.84. The molecule has 0 atom stereocenters. The summed E-state index contributed by atoms with van der Waals surface area (Å²) < 4.78 is 7.60. The predicted molar refractivity (Wildman–Crippen MR) is 65.6 cm³/mol. The Labute approximate surface area is 99.6 Å². The summed E-state index contributed by atoms with van der Waals surface area (Å²) in [6.45, 7) is 2.80. The number of fused-ring (bicyclic) bond motifs is 1. The number of nitrogens with two attached hydrogens (primary N) is 1. The van der Waals surface area contributed by atoms with Crippen LogP contribution in [-0.2, 0) is 4.74 Å². The van der Waals surface area contributed by atoms with Gasteiger partial charge in [0, 0.05) is 18.8 Å². The molecule has 2 heterocycles. The van der Waals surface area contributed by atoms with Gasteiger partial charge in [-0.15, -0.1) is 0 Å². The number of ether oxygens (including phenoxy) is 1. The Kier molecular flexibility index (Phi) is 2.48. The summed E-state index contributed by atoms with van der Waals surface area (Å²) in [5.74, 6) is 0.554. The fourth-order valence-corrected chi connectivity index (χ4v) is 2.43. The first kappa shape index (κ1) is 10.5. The molecule has 1 aliphatic carbocycles. The third-order valence-electron chi connectivity index (χ3n) is 3.31. The van der Waals surface area contributed by atoms with Crippen molar-refractivity contribution in [1.29, 1.82) is 0 Å². The molecule has 0 aliphatic heterocycles. The molecule has 5 heteroatoms. The fraction of sp³-hybridized carbons (Fsp3) is 0.500. The van der Waals surface area contributed by atoms with Crippen LogP contribution in [0.25, 0.3) is 11.2 Å². The average molecular weight is 232 g/mol. The van der Waals surface area contributed by atoms with E-state index in [1.54, 1.807) is 6.20 Å². The van der Waals surface area contributed by atoms with Crippen molar-refractivity contribution in [1.82, 2.24) is 14.5 Å². The number of nitrogen functional groups attached to an aromatic ring is 1. The van der Waals surface area contributed by atoms with E-state index in [2.05, 4.69) is 9.97 Å². The lowest BCUT2D eigenvalue weighted by molar-refractivity contribution is -0.0183.